The van der Waals surface area contributed by atoms with Gasteiger partial charge in [-0.2, -0.15) is 5.10 Å². The predicted molar refractivity (Wildman–Crippen MR) is 92.2 cm³/mol. The van der Waals surface area contributed by atoms with Crippen LogP contribution in [0.4, 0.5) is 0 Å². The number of fused-ring (bicyclic) bond motifs is 3. The fourth-order valence-electron chi connectivity index (χ4n) is 3.13. The van der Waals surface area contributed by atoms with Gasteiger partial charge < -0.3 is 0 Å². The minimum Gasteiger partial charge on any atom is -0.275 e. The molecule has 0 aliphatic heterocycles. The van der Waals surface area contributed by atoms with Gasteiger partial charge in [-0.1, -0.05) is 0 Å². The van der Waals surface area contributed by atoms with Crippen molar-refractivity contribution in [1.82, 2.24) is 19.4 Å². The van der Waals surface area contributed by atoms with Gasteiger partial charge in [0.25, 0.3) is 11.5 Å². The number of hydrogen-bond donors (Lipinski definition) is 1. The summed E-state index contributed by atoms with van der Waals surface area (Å²) in [5.41, 5.74) is 3.79. The average Bonchev–Trinajstić information content (AvgIpc) is 3.14. The van der Waals surface area contributed by atoms with Crippen LogP contribution in [-0.2, 0) is 19.9 Å². The molecule has 0 unspecified atom stereocenters. The fourth-order valence-corrected chi connectivity index (χ4v) is 4.43. The van der Waals surface area contributed by atoms with Crippen LogP contribution in [0.3, 0.4) is 0 Å². The molecule has 0 bridgehead atoms. The molecule has 7 nitrogen and oxygen atoms in total. The molecule has 3 aromatic rings. The molecule has 3 heterocycles. The van der Waals surface area contributed by atoms with Gasteiger partial charge in [-0.05, 0) is 44.2 Å². The highest BCUT2D eigenvalue weighted by atomic mass is 32.1. The standard InChI is InChI=1S/C16H17N5O2S/c1-9-17-15-13(10-5-3-4-6-12(10)24-15)16(23)21(9)19-14(22)11-7-8-20(2)18-11/h7-8H,3-6H2,1-2H3,(H,19,22). The Morgan fingerprint density at radius 2 is 2.12 bits per heavy atom. The van der Waals surface area contributed by atoms with Crippen molar-refractivity contribution in [2.24, 2.45) is 7.05 Å². The Bertz CT molecular complexity index is 1010. The van der Waals surface area contributed by atoms with Crippen LogP contribution in [0, 0.1) is 6.92 Å². The molecule has 0 aromatic carbocycles. The highest BCUT2D eigenvalue weighted by molar-refractivity contribution is 7.18. The lowest BCUT2D eigenvalue weighted by Gasteiger charge is -2.12. The van der Waals surface area contributed by atoms with E-state index in [1.54, 1.807) is 42.3 Å². The first kappa shape index (κ1) is 15.1. The van der Waals surface area contributed by atoms with E-state index in [0.717, 1.165) is 36.1 Å². The van der Waals surface area contributed by atoms with Crippen molar-refractivity contribution in [3.8, 4) is 0 Å². The molecular weight excluding hydrogens is 326 g/mol. The van der Waals surface area contributed by atoms with Crippen molar-refractivity contribution in [2.75, 3.05) is 5.43 Å². The minimum absolute atomic E-state index is 0.207. The number of hydrogen-bond acceptors (Lipinski definition) is 5. The van der Waals surface area contributed by atoms with Crippen molar-refractivity contribution in [3.05, 3.63) is 44.6 Å². The van der Waals surface area contributed by atoms with Gasteiger partial charge in [0.05, 0.1) is 5.39 Å². The molecule has 1 amide bonds. The van der Waals surface area contributed by atoms with Crippen molar-refractivity contribution >= 4 is 27.5 Å². The lowest BCUT2D eigenvalue weighted by molar-refractivity contribution is 0.100. The Balaban J connectivity index is 1.80. The number of carbonyl (C=O) groups excluding carboxylic acids is 1. The summed E-state index contributed by atoms with van der Waals surface area (Å²) in [7, 11) is 1.74. The zero-order valence-electron chi connectivity index (χ0n) is 13.5. The largest absolute Gasteiger partial charge is 0.290 e. The summed E-state index contributed by atoms with van der Waals surface area (Å²) in [5.74, 6) is 0.0430. The van der Waals surface area contributed by atoms with E-state index in [-0.39, 0.29) is 11.3 Å². The van der Waals surface area contributed by atoms with Crippen LogP contribution in [0.5, 0.6) is 0 Å². The van der Waals surface area contributed by atoms with Crippen molar-refractivity contribution in [3.63, 3.8) is 0 Å². The number of thiophene rings is 1. The molecule has 0 saturated carbocycles. The Hall–Kier alpha value is -2.48. The molecule has 0 saturated heterocycles. The van der Waals surface area contributed by atoms with Crippen LogP contribution in [-0.4, -0.2) is 25.3 Å². The zero-order chi connectivity index (χ0) is 16.8. The van der Waals surface area contributed by atoms with E-state index < -0.39 is 5.91 Å². The monoisotopic (exact) mass is 343 g/mol. The molecule has 4 rings (SSSR count). The first-order valence-electron chi connectivity index (χ1n) is 7.89. The number of nitrogens with one attached hydrogen (secondary N) is 1. The minimum atomic E-state index is -0.425. The molecule has 1 aliphatic rings. The summed E-state index contributed by atoms with van der Waals surface area (Å²) in [5, 5.41) is 4.71. The van der Waals surface area contributed by atoms with Gasteiger partial charge in [-0.15, -0.1) is 11.3 Å². The Kier molecular flexibility index (Phi) is 3.49. The van der Waals surface area contributed by atoms with Gasteiger partial charge in [-0.25, -0.2) is 9.66 Å². The summed E-state index contributed by atoms with van der Waals surface area (Å²) in [6.07, 6.45) is 5.84. The average molecular weight is 343 g/mol. The summed E-state index contributed by atoms with van der Waals surface area (Å²) >= 11 is 1.60. The second-order valence-corrected chi connectivity index (χ2v) is 7.09. The normalized spacial score (nSPS) is 13.9. The molecule has 8 heteroatoms. The number of nitrogens with zero attached hydrogens (tertiary/aromatic N) is 4. The van der Waals surface area contributed by atoms with Gasteiger partial charge in [0.1, 0.15) is 10.7 Å². The topological polar surface area (TPSA) is 81.8 Å². The summed E-state index contributed by atoms with van der Waals surface area (Å²) in [6, 6.07) is 1.61. The number of aryl methyl sites for hydroxylation is 4. The lowest BCUT2D eigenvalue weighted by atomic mass is 9.97. The molecule has 3 aromatic heterocycles. The van der Waals surface area contributed by atoms with E-state index in [4.69, 9.17) is 0 Å². The molecule has 24 heavy (non-hydrogen) atoms. The van der Waals surface area contributed by atoms with Crippen molar-refractivity contribution < 1.29 is 4.79 Å². The zero-order valence-corrected chi connectivity index (χ0v) is 14.3. The van der Waals surface area contributed by atoms with Crippen LogP contribution < -0.4 is 11.0 Å². The third-order valence-corrected chi connectivity index (χ3v) is 5.50. The van der Waals surface area contributed by atoms with Crippen molar-refractivity contribution in [1.29, 1.82) is 0 Å². The first-order chi connectivity index (χ1) is 11.5. The Morgan fingerprint density at radius 1 is 1.33 bits per heavy atom. The number of amides is 1. The van der Waals surface area contributed by atoms with E-state index in [9.17, 15) is 9.59 Å². The van der Waals surface area contributed by atoms with Crippen LogP contribution in [0.15, 0.2) is 17.1 Å². The molecule has 1 aliphatic carbocycles. The number of carbonyl (C=O) groups is 1. The lowest BCUT2D eigenvalue weighted by Crippen LogP contribution is -2.35. The van der Waals surface area contributed by atoms with Gasteiger partial charge in [0.2, 0.25) is 0 Å². The number of aromatic nitrogens is 4. The van der Waals surface area contributed by atoms with Gasteiger partial charge in [0, 0.05) is 18.1 Å². The maximum absolute atomic E-state index is 12.9. The van der Waals surface area contributed by atoms with Crippen LogP contribution >= 0.6 is 11.3 Å². The summed E-state index contributed by atoms with van der Waals surface area (Å²) in [4.78, 5) is 31.8. The molecular formula is C16H17N5O2S. The molecule has 0 atom stereocenters. The summed E-state index contributed by atoms with van der Waals surface area (Å²) in [6.45, 7) is 1.72. The van der Waals surface area contributed by atoms with E-state index in [2.05, 4.69) is 15.5 Å². The van der Waals surface area contributed by atoms with Gasteiger partial charge in [0.15, 0.2) is 5.69 Å². The quantitative estimate of drug-likeness (QED) is 0.769. The number of rotatable bonds is 2. The molecule has 0 spiro atoms. The first-order valence-corrected chi connectivity index (χ1v) is 8.71. The second-order valence-electron chi connectivity index (χ2n) is 6.01. The SMILES string of the molecule is Cc1nc2sc3c(c2c(=O)n1NC(=O)c1ccn(C)n1)CCCC3. The third kappa shape index (κ3) is 2.34. The molecule has 1 N–H and O–H groups in total. The van der Waals surface area contributed by atoms with Crippen LogP contribution in [0.2, 0.25) is 0 Å². The van der Waals surface area contributed by atoms with E-state index >= 15 is 0 Å². The van der Waals surface area contributed by atoms with Gasteiger partial charge >= 0.3 is 0 Å². The molecule has 0 fully saturated rings. The van der Waals surface area contributed by atoms with E-state index in [0.29, 0.717) is 11.2 Å². The molecule has 0 radical (unpaired) electrons. The predicted octanol–water partition coefficient (Wildman–Crippen LogP) is 1.76. The maximum Gasteiger partial charge on any atom is 0.290 e. The highest BCUT2D eigenvalue weighted by Crippen LogP contribution is 2.33. The Labute approximate surface area is 141 Å². The highest BCUT2D eigenvalue weighted by Gasteiger charge is 2.22. The molecule has 124 valence electrons. The maximum atomic E-state index is 12.9. The van der Waals surface area contributed by atoms with Crippen LogP contribution in [0.25, 0.3) is 10.2 Å². The smallest absolute Gasteiger partial charge is 0.275 e. The van der Waals surface area contributed by atoms with Crippen molar-refractivity contribution in [2.45, 2.75) is 32.6 Å². The van der Waals surface area contributed by atoms with E-state index in [1.165, 1.54) is 9.55 Å². The second kappa shape index (κ2) is 5.55. The Morgan fingerprint density at radius 3 is 2.88 bits per heavy atom. The fraction of sp³-hybridized carbons (Fsp3) is 0.375. The summed E-state index contributed by atoms with van der Waals surface area (Å²) < 4.78 is 2.78. The van der Waals surface area contributed by atoms with Gasteiger partial charge in [-0.3, -0.25) is 19.7 Å². The van der Waals surface area contributed by atoms with E-state index in [1.807, 2.05) is 0 Å². The third-order valence-electron chi connectivity index (χ3n) is 4.32. The van der Waals surface area contributed by atoms with Crippen LogP contribution in [0.1, 0.15) is 39.6 Å².